The third kappa shape index (κ3) is 2.56. The molecule has 1 aliphatic rings. The van der Waals surface area contributed by atoms with Crippen molar-refractivity contribution in [3.8, 4) is 0 Å². The highest BCUT2D eigenvalue weighted by atomic mass is 32.1. The zero-order valence-electron chi connectivity index (χ0n) is 8.49. The highest BCUT2D eigenvalue weighted by molar-refractivity contribution is 7.12. The molecule has 1 atom stereocenters. The second-order valence-corrected chi connectivity index (χ2v) is 5.33. The molecular formula is C11H17NOS. The molecule has 78 valence electrons. The zero-order chi connectivity index (χ0) is 9.97. The van der Waals surface area contributed by atoms with Crippen LogP contribution in [0.2, 0.25) is 0 Å². The molecule has 1 saturated carbocycles. The normalized spacial score (nSPS) is 18.4. The van der Waals surface area contributed by atoms with Gasteiger partial charge in [-0.15, -0.1) is 11.3 Å². The predicted octanol–water partition coefficient (Wildman–Crippen LogP) is 1.88. The third-order valence-corrected chi connectivity index (χ3v) is 3.78. The first kappa shape index (κ1) is 10.1. The van der Waals surface area contributed by atoms with E-state index in [1.807, 2.05) is 0 Å². The van der Waals surface area contributed by atoms with Crippen molar-refractivity contribution in [2.45, 2.75) is 31.7 Å². The zero-order valence-corrected chi connectivity index (χ0v) is 9.31. The summed E-state index contributed by atoms with van der Waals surface area (Å²) in [4.78, 5) is 2.63. The number of thiophene rings is 1. The minimum Gasteiger partial charge on any atom is -0.396 e. The van der Waals surface area contributed by atoms with Crippen molar-refractivity contribution >= 4 is 11.3 Å². The molecule has 14 heavy (non-hydrogen) atoms. The Kier molecular flexibility index (Phi) is 3.21. The summed E-state index contributed by atoms with van der Waals surface area (Å²) in [6.07, 6.45) is 2.61. The molecule has 0 aromatic carbocycles. The van der Waals surface area contributed by atoms with E-state index < -0.39 is 0 Å². The Morgan fingerprint density at radius 1 is 1.57 bits per heavy atom. The van der Waals surface area contributed by atoms with Crippen LogP contribution < -0.4 is 5.32 Å². The molecule has 2 rings (SSSR count). The summed E-state index contributed by atoms with van der Waals surface area (Å²) in [5, 5.41) is 12.8. The summed E-state index contributed by atoms with van der Waals surface area (Å²) >= 11 is 1.79. The first-order valence-corrected chi connectivity index (χ1v) is 6.02. The lowest BCUT2D eigenvalue weighted by Crippen LogP contribution is -2.24. The van der Waals surface area contributed by atoms with E-state index in [4.69, 9.17) is 0 Å². The molecule has 2 N–H and O–H groups in total. The van der Waals surface area contributed by atoms with E-state index in [0.29, 0.717) is 0 Å². The molecule has 0 amide bonds. The lowest BCUT2D eigenvalue weighted by Gasteiger charge is -2.12. The van der Waals surface area contributed by atoms with Crippen molar-refractivity contribution in [2.24, 2.45) is 0 Å². The van der Waals surface area contributed by atoms with Crippen LogP contribution >= 0.6 is 11.3 Å². The Bertz CT molecular complexity index is 293. The van der Waals surface area contributed by atoms with Gasteiger partial charge in [0.15, 0.2) is 0 Å². The first-order valence-electron chi connectivity index (χ1n) is 5.20. The number of aliphatic hydroxyl groups is 1. The predicted molar refractivity (Wildman–Crippen MR) is 59.9 cm³/mol. The number of nitrogens with one attached hydrogen (secondary N) is 1. The van der Waals surface area contributed by atoms with Crippen molar-refractivity contribution in [1.29, 1.82) is 0 Å². The number of hydrogen-bond donors (Lipinski definition) is 2. The van der Waals surface area contributed by atoms with Crippen LogP contribution in [0.5, 0.6) is 0 Å². The van der Waals surface area contributed by atoms with Crippen LogP contribution in [-0.2, 0) is 0 Å². The number of aryl methyl sites for hydroxylation is 1. The van der Waals surface area contributed by atoms with Crippen molar-refractivity contribution in [2.75, 3.05) is 13.2 Å². The van der Waals surface area contributed by atoms with Gasteiger partial charge in [0, 0.05) is 28.3 Å². The van der Waals surface area contributed by atoms with E-state index in [1.165, 1.54) is 22.6 Å². The number of aliphatic hydroxyl groups excluding tert-OH is 1. The van der Waals surface area contributed by atoms with Crippen molar-refractivity contribution in [1.82, 2.24) is 5.32 Å². The van der Waals surface area contributed by atoms with Gasteiger partial charge >= 0.3 is 0 Å². The molecular weight excluding hydrogens is 194 g/mol. The molecule has 3 heteroatoms. The smallest absolute Gasteiger partial charge is 0.0519 e. The summed E-state index contributed by atoms with van der Waals surface area (Å²) in [6.45, 7) is 3.28. The minimum absolute atomic E-state index is 0.250. The number of hydrogen-bond acceptors (Lipinski definition) is 3. The fraction of sp³-hybridized carbons (Fsp3) is 0.636. The van der Waals surface area contributed by atoms with Crippen LogP contribution in [0.1, 0.15) is 28.5 Å². The maximum absolute atomic E-state index is 9.29. The maximum Gasteiger partial charge on any atom is 0.0519 e. The number of rotatable bonds is 5. The van der Waals surface area contributed by atoms with Crippen molar-refractivity contribution in [3.63, 3.8) is 0 Å². The van der Waals surface area contributed by atoms with E-state index in [1.54, 1.807) is 11.3 Å². The van der Waals surface area contributed by atoms with Gasteiger partial charge in [-0.25, -0.2) is 0 Å². The minimum atomic E-state index is 0.250. The largest absolute Gasteiger partial charge is 0.396 e. The lowest BCUT2D eigenvalue weighted by molar-refractivity contribution is 0.263. The van der Waals surface area contributed by atoms with E-state index in [0.717, 1.165) is 12.6 Å². The van der Waals surface area contributed by atoms with E-state index >= 15 is 0 Å². The molecule has 1 aromatic heterocycles. The van der Waals surface area contributed by atoms with Crippen molar-refractivity contribution < 1.29 is 5.11 Å². The fourth-order valence-electron chi connectivity index (χ4n) is 1.52. The van der Waals surface area contributed by atoms with Gasteiger partial charge in [0.05, 0.1) is 6.61 Å². The summed E-state index contributed by atoms with van der Waals surface area (Å²) in [5.41, 5.74) is 0. The molecule has 0 aliphatic heterocycles. The summed E-state index contributed by atoms with van der Waals surface area (Å²) in [6, 6.07) is 4.99. The molecule has 1 unspecified atom stereocenters. The fourth-order valence-corrected chi connectivity index (χ4v) is 2.49. The molecule has 0 bridgehead atoms. The molecule has 1 heterocycles. The Morgan fingerprint density at radius 3 is 2.86 bits per heavy atom. The Labute approximate surface area is 89.0 Å². The second kappa shape index (κ2) is 4.43. The quantitative estimate of drug-likeness (QED) is 0.779. The van der Waals surface area contributed by atoms with Gasteiger partial charge in [0.2, 0.25) is 0 Å². The van der Waals surface area contributed by atoms with Gasteiger partial charge in [-0.1, -0.05) is 0 Å². The van der Waals surface area contributed by atoms with Crippen LogP contribution in [0, 0.1) is 6.92 Å². The average molecular weight is 211 g/mol. The molecule has 0 saturated heterocycles. The van der Waals surface area contributed by atoms with E-state index in [-0.39, 0.29) is 12.5 Å². The lowest BCUT2D eigenvalue weighted by atomic mass is 10.1. The molecule has 1 aliphatic carbocycles. The Balaban J connectivity index is 1.90. The average Bonchev–Trinajstić information content (AvgIpc) is 2.90. The van der Waals surface area contributed by atoms with Gasteiger partial charge < -0.3 is 10.4 Å². The Morgan fingerprint density at radius 2 is 2.36 bits per heavy atom. The van der Waals surface area contributed by atoms with Crippen LogP contribution in [0.4, 0.5) is 0 Å². The standard InChI is InChI=1S/C11H17NOS/c1-8-2-5-11(14-8)9(7-13)6-12-10-3-4-10/h2,5,9-10,12-13H,3-4,6-7H2,1H3. The van der Waals surface area contributed by atoms with Crippen molar-refractivity contribution in [3.05, 3.63) is 21.9 Å². The van der Waals surface area contributed by atoms with Gasteiger partial charge in [-0.2, -0.15) is 0 Å². The van der Waals surface area contributed by atoms with Crippen LogP contribution in [0.3, 0.4) is 0 Å². The molecule has 1 fully saturated rings. The third-order valence-electron chi connectivity index (χ3n) is 2.61. The van der Waals surface area contributed by atoms with Gasteiger partial charge in [-0.05, 0) is 31.9 Å². The van der Waals surface area contributed by atoms with Gasteiger partial charge in [0.25, 0.3) is 0 Å². The Hall–Kier alpha value is -0.380. The maximum atomic E-state index is 9.29. The molecule has 0 spiro atoms. The molecule has 1 aromatic rings. The van der Waals surface area contributed by atoms with Crippen LogP contribution in [-0.4, -0.2) is 24.3 Å². The highest BCUT2D eigenvalue weighted by Gasteiger charge is 2.22. The van der Waals surface area contributed by atoms with Gasteiger partial charge in [-0.3, -0.25) is 0 Å². The summed E-state index contributed by atoms with van der Waals surface area (Å²) < 4.78 is 0. The summed E-state index contributed by atoms with van der Waals surface area (Å²) in [7, 11) is 0. The first-order chi connectivity index (χ1) is 6.79. The topological polar surface area (TPSA) is 32.3 Å². The summed E-state index contributed by atoms with van der Waals surface area (Å²) in [5.74, 6) is 0.286. The van der Waals surface area contributed by atoms with E-state index in [9.17, 15) is 5.11 Å². The SMILES string of the molecule is Cc1ccc(C(CO)CNC2CC2)s1. The molecule has 0 radical (unpaired) electrons. The monoisotopic (exact) mass is 211 g/mol. The van der Waals surface area contributed by atoms with Crippen LogP contribution in [0.25, 0.3) is 0 Å². The highest BCUT2D eigenvalue weighted by Crippen LogP contribution is 2.25. The molecule has 2 nitrogen and oxygen atoms in total. The van der Waals surface area contributed by atoms with Crippen LogP contribution in [0.15, 0.2) is 12.1 Å². The van der Waals surface area contributed by atoms with Gasteiger partial charge in [0.1, 0.15) is 0 Å². The second-order valence-electron chi connectivity index (χ2n) is 4.01. The van der Waals surface area contributed by atoms with E-state index in [2.05, 4.69) is 24.4 Å².